The topological polar surface area (TPSA) is 79.1 Å². The number of halogens is 1. The zero-order valence-corrected chi connectivity index (χ0v) is 10.3. The van der Waals surface area contributed by atoms with E-state index in [1.54, 1.807) is 6.07 Å². The van der Waals surface area contributed by atoms with Gasteiger partial charge in [-0.2, -0.15) is 0 Å². The Morgan fingerprint density at radius 2 is 2.17 bits per heavy atom. The molecule has 0 spiro atoms. The maximum Gasteiger partial charge on any atom is 0.165 e. The lowest BCUT2D eigenvalue weighted by Gasteiger charge is -2.04. The Morgan fingerprint density at radius 3 is 2.67 bits per heavy atom. The first-order chi connectivity index (χ1) is 8.58. The summed E-state index contributed by atoms with van der Waals surface area (Å²) in [5, 5.41) is 0. The Kier molecular flexibility index (Phi) is 3.10. The Hall–Kier alpha value is -2.24. The lowest BCUT2D eigenvalue weighted by molar-refractivity contribution is 0.386. The van der Waals surface area contributed by atoms with Gasteiger partial charge in [0, 0.05) is 12.0 Å². The molecule has 0 bridgehead atoms. The molecule has 0 amide bonds. The molecule has 2 rings (SSSR count). The number of aryl methyl sites for hydroxylation is 1. The fourth-order valence-corrected chi connectivity index (χ4v) is 1.77. The van der Waals surface area contributed by atoms with E-state index in [4.69, 9.17) is 16.3 Å². The molecule has 5 nitrogen and oxygen atoms in total. The van der Waals surface area contributed by atoms with Gasteiger partial charge in [0.1, 0.15) is 11.5 Å². The van der Waals surface area contributed by atoms with Crippen LogP contribution in [-0.4, -0.2) is 16.8 Å². The highest BCUT2D eigenvalue weighted by Gasteiger charge is 2.15. The molecule has 0 saturated heterocycles. The number of anilines is 1. The minimum atomic E-state index is -0.459. The van der Waals surface area contributed by atoms with Crippen LogP contribution in [0.15, 0.2) is 18.2 Å². The zero-order chi connectivity index (χ0) is 13.3. The van der Waals surface area contributed by atoms with Gasteiger partial charge in [-0.15, -0.1) is 0 Å². The van der Waals surface area contributed by atoms with Gasteiger partial charge in [-0.3, -0.25) is 0 Å². The summed E-state index contributed by atoms with van der Waals surface area (Å²) >= 11 is 0. The molecule has 1 aromatic heterocycles. The third-order valence-corrected chi connectivity index (χ3v) is 2.76. The Labute approximate surface area is 104 Å². The van der Waals surface area contributed by atoms with E-state index in [-0.39, 0.29) is 5.75 Å². The molecule has 0 atom stereocenters. The molecule has 18 heavy (non-hydrogen) atoms. The second kappa shape index (κ2) is 4.56. The highest BCUT2D eigenvalue weighted by atomic mass is 19.1. The third kappa shape index (κ3) is 1.85. The van der Waals surface area contributed by atoms with Crippen molar-refractivity contribution in [1.29, 1.82) is 0 Å². The van der Waals surface area contributed by atoms with Gasteiger partial charge in [0.15, 0.2) is 17.4 Å². The van der Waals surface area contributed by atoms with Gasteiger partial charge in [-0.05, 0) is 18.2 Å². The number of nitrogens with zero attached hydrogens (tertiary/aromatic N) is 2. The highest BCUT2D eigenvalue weighted by Crippen LogP contribution is 2.28. The largest absolute Gasteiger partial charge is 0.494 e. The van der Waals surface area contributed by atoms with Crippen molar-refractivity contribution in [3.8, 4) is 17.0 Å². The van der Waals surface area contributed by atoms with Gasteiger partial charge in [-0.25, -0.2) is 14.1 Å². The van der Waals surface area contributed by atoms with E-state index in [0.29, 0.717) is 29.3 Å². The fourth-order valence-electron chi connectivity index (χ4n) is 1.77. The summed E-state index contributed by atoms with van der Waals surface area (Å²) in [5.41, 5.74) is 6.91. The molecule has 6 heteroatoms. The standard InChI is InChI=1S/C12H15FN4O/c1-3-10-16-11(12(14)17(10)15)7-4-5-9(18-2)8(13)6-7/h4-6H,3,14-15H2,1-2H3. The van der Waals surface area contributed by atoms with Crippen LogP contribution >= 0.6 is 0 Å². The Balaban J connectivity index is 2.52. The fraction of sp³-hybridized carbons (Fsp3) is 0.250. The molecular weight excluding hydrogens is 235 g/mol. The predicted octanol–water partition coefficient (Wildman–Crippen LogP) is 1.56. The van der Waals surface area contributed by atoms with Crippen LogP contribution in [0.5, 0.6) is 5.75 Å². The number of benzene rings is 1. The second-order valence-electron chi connectivity index (χ2n) is 3.83. The summed E-state index contributed by atoms with van der Waals surface area (Å²) < 4.78 is 19.8. The monoisotopic (exact) mass is 250 g/mol. The number of nitrogens with two attached hydrogens (primary N) is 2. The van der Waals surface area contributed by atoms with Crippen LogP contribution in [0, 0.1) is 5.82 Å². The summed E-state index contributed by atoms with van der Waals surface area (Å²) in [6, 6.07) is 4.56. The van der Waals surface area contributed by atoms with Crippen molar-refractivity contribution in [3.05, 3.63) is 29.8 Å². The number of methoxy groups -OCH3 is 1. The van der Waals surface area contributed by atoms with Gasteiger partial charge in [0.05, 0.1) is 7.11 Å². The molecule has 0 radical (unpaired) electrons. The predicted molar refractivity (Wildman–Crippen MR) is 68.1 cm³/mol. The van der Waals surface area contributed by atoms with Crippen LogP contribution in [0.1, 0.15) is 12.7 Å². The minimum absolute atomic E-state index is 0.181. The number of ether oxygens (including phenoxy) is 1. The van der Waals surface area contributed by atoms with Gasteiger partial charge in [-0.1, -0.05) is 6.92 Å². The lowest BCUT2D eigenvalue weighted by atomic mass is 10.1. The Morgan fingerprint density at radius 1 is 1.44 bits per heavy atom. The summed E-state index contributed by atoms with van der Waals surface area (Å²) in [7, 11) is 1.41. The molecule has 2 aromatic rings. The van der Waals surface area contributed by atoms with Crippen molar-refractivity contribution in [2.45, 2.75) is 13.3 Å². The van der Waals surface area contributed by atoms with E-state index < -0.39 is 5.82 Å². The maximum atomic E-state index is 13.6. The first-order valence-corrected chi connectivity index (χ1v) is 5.54. The van der Waals surface area contributed by atoms with Gasteiger partial charge in [0.25, 0.3) is 0 Å². The molecular formula is C12H15FN4O. The summed E-state index contributed by atoms with van der Waals surface area (Å²) in [6.07, 6.45) is 0.652. The van der Waals surface area contributed by atoms with Crippen molar-refractivity contribution in [3.63, 3.8) is 0 Å². The van der Waals surface area contributed by atoms with E-state index >= 15 is 0 Å². The van der Waals surface area contributed by atoms with Crippen LogP contribution in [0.25, 0.3) is 11.3 Å². The number of hydrogen-bond donors (Lipinski definition) is 2. The maximum absolute atomic E-state index is 13.6. The summed E-state index contributed by atoms with van der Waals surface area (Å²) in [6.45, 7) is 1.92. The minimum Gasteiger partial charge on any atom is -0.494 e. The normalized spacial score (nSPS) is 10.6. The average Bonchev–Trinajstić information content (AvgIpc) is 2.66. The number of hydrogen-bond acceptors (Lipinski definition) is 4. The van der Waals surface area contributed by atoms with Gasteiger partial charge < -0.3 is 16.3 Å². The van der Waals surface area contributed by atoms with Crippen LogP contribution in [0.4, 0.5) is 10.2 Å². The number of nitrogen functional groups attached to an aromatic ring is 2. The van der Waals surface area contributed by atoms with E-state index in [1.807, 2.05) is 6.92 Å². The highest BCUT2D eigenvalue weighted by molar-refractivity contribution is 5.71. The van der Waals surface area contributed by atoms with Crippen molar-refractivity contribution in [1.82, 2.24) is 9.66 Å². The molecule has 96 valence electrons. The third-order valence-electron chi connectivity index (χ3n) is 2.76. The van der Waals surface area contributed by atoms with E-state index in [0.717, 1.165) is 0 Å². The molecule has 0 unspecified atom stereocenters. The van der Waals surface area contributed by atoms with E-state index in [1.165, 1.54) is 23.9 Å². The molecule has 0 aliphatic carbocycles. The lowest BCUT2D eigenvalue weighted by Crippen LogP contribution is -2.14. The van der Waals surface area contributed by atoms with Crippen LogP contribution in [0.2, 0.25) is 0 Å². The van der Waals surface area contributed by atoms with E-state index in [2.05, 4.69) is 4.98 Å². The second-order valence-corrected chi connectivity index (χ2v) is 3.83. The van der Waals surface area contributed by atoms with Crippen molar-refractivity contribution >= 4 is 5.82 Å². The molecule has 4 N–H and O–H groups in total. The molecule has 0 aliphatic rings. The Bertz CT molecular complexity index is 580. The van der Waals surface area contributed by atoms with Crippen molar-refractivity contribution in [2.75, 3.05) is 18.7 Å². The average molecular weight is 250 g/mol. The summed E-state index contributed by atoms with van der Waals surface area (Å²) in [5.74, 6) is 6.45. The summed E-state index contributed by atoms with van der Waals surface area (Å²) in [4.78, 5) is 4.30. The SMILES string of the molecule is CCc1nc(-c2ccc(OC)c(F)c2)c(N)n1N. The number of imidazole rings is 1. The zero-order valence-electron chi connectivity index (χ0n) is 10.3. The smallest absolute Gasteiger partial charge is 0.165 e. The van der Waals surface area contributed by atoms with Crippen LogP contribution < -0.4 is 16.3 Å². The first kappa shape index (κ1) is 12.2. The molecule has 0 fully saturated rings. The number of rotatable bonds is 3. The molecule has 1 aromatic carbocycles. The quantitative estimate of drug-likeness (QED) is 0.810. The first-order valence-electron chi connectivity index (χ1n) is 5.54. The van der Waals surface area contributed by atoms with Gasteiger partial charge >= 0.3 is 0 Å². The van der Waals surface area contributed by atoms with E-state index in [9.17, 15) is 4.39 Å². The van der Waals surface area contributed by atoms with Gasteiger partial charge in [0.2, 0.25) is 0 Å². The van der Waals surface area contributed by atoms with Crippen molar-refractivity contribution < 1.29 is 9.13 Å². The van der Waals surface area contributed by atoms with Crippen LogP contribution in [0.3, 0.4) is 0 Å². The molecule has 0 aliphatic heterocycles. The van der Waals surface area contributed by atoms with Crippen LogP contribution in [-0.2, 0) is 6.42 Å². The molecule has 0 saturated carbocycles. The van der Waals surface area contributed by atoms with Crippen molar-refractivity contribution in [2.24, 2.45) is 0 Å². The number of aromatic nitrogens is 2. The molecule has 1 heterocycles.